The Hall–Kier alpha value is -2.86. The van der Waals surface area contributed by atoms with Gasteiger partial charge in [-0.05, 0) is 49.6 Å². The van der Waals surface area contributed by atoms with E-state index in [4.69, 9.17) is 23.2 Å². The molecule has 10 nitrogen and oxygen atoms in total. The monoisotopic (exact) mass is 597 g/mol. The number of hydrogen-bond donors (Lipinski definition) is 3. The first kappa shape index (κ1) is 30.7. The number of nitrogens with zero attached hydrogens (tertiary/aromatic N) is 2. The van der Waals surface area contributed by atoms with E-state index < -0.39 is 34.0 Å². The first-order chi connectivity index (χ1) is 18.4. The molecule has 1 saturated heterocycles. The van der Waals surface area contributed by atoms with Crippen molar-refractivity contribution in [2.45, 2.75) is 44.2 Å². The van der Waals surface area contributed by atoms with Crippen LogP contribution in [0.2, 0.25) is 10.0 Å². The van der Waals surface area contributed by atoms with Crippen molar-refractivity contribution in [2.75, 3.05) is 31.5 Å². The second kappa shape index (κ2) is 13.5. The van der Waals surface area contributed by atoms with Gasteiger partial charge in [-0.1, -0.05) is 55.2 Å². The largest absolute Gasteiger partial charge is 0.338 e. The molecule has 0 unspecified atom stereocenters. The maximum absolute atomic E-state index is 13.3. The molecule has 4 amide bonds. The quantitative estimate of drug-likeness (QED) is 0.407. The Morgan fingerprint density at radius 1 is 0.897 bits per heavy atom. The fourth-order valence-electron chi connectivity index (χ4n) is 4.22. The number of urea groups is 1. The molecule has 0 radical (unpaired) electrons. The van der Waals surface area contributed by atoms with Gasteiger partial charge in [-0.25, -0.2) is 13.2 Å². The second-order valence-electron chi connectivity index (χ2n) is 9.71. The standard InChI is InChI=1S/C26H33Cl2N5O5S/c1-17(2)15-22(30-26(36)29-20-7-5-4-6-8-20)25(35)33-13-11-32(12-14-33)24(34)18(3)31-39(37,38)23-10-9-19(27)16-21(23)28/h4-10,16-18,22,31H,11-15H2,1-3H3,(H2,29,30,36)/t18-,22-/m0/s1. The van der Waals surface area contributed by atoms with Crippen molar-refractivity contribution in [3.05, 3.63) is 58.6 Å². The molecule has 1 aliphatic rings. The summed E-state index contributed by atoms with van der Waals surface area (Å²) in [6.07, 6.45) is 0.451. The maximum Gasteiger partial charge on any atom is 0.319 e. The van der Waals surface area contributed by atoms with Crippen LogP contribution in [0.3, 0.4) is 0 Å². The molecule has 13 heteroatoms. The zero-order chi connectivity index (χ0) is 28.7. The van der Waals surface area contributed by atoms with E-state index in [0.29, 0.717) is 12.1 Å². The van der Waals surface area contributed by atoms with Gasteiger partial charge in [0.1, 0.15) is 10.9 Å². The molecule has 0 aliphatic carbocycles. The number of carbonyl (C=O) groups excluding carboxylic acids is 3. The van der Waals surface area contributed by atoms with Gasteiger partial charge in [0.2, 0.25) is 21.8 Å². The molecule has 212 valence electrons. The summed E-state index contributed by atoms with van der Waals surface area (Å²) in [5.41, 5.74) is 0.612. The minimum Gasteiger partial charge on any atom is -0.338 e. The van der Waals surface area contributed by atoms with Crippen LogP contribution in [0.5, 0.6) is 0 Å². The number of halogens is 2. The Morgan fingerprint density at radius 3 is 2.05 bits per heavy atom. The van der Waals surface area contributed by atoms with E-state index in [-0.39, 0.29) is 52.9 Å². The van der Waals surface area contributed by atoms with Gasteiger partial charge in [-0.2, -0.15) is 4.72 Å². The molecule has 1 aliphatic heterocycles. The molecule has 2 atom stereocenters. The number of para-hydroxylation sites is 1. The molecule has 0 aromatic heterocycles. The molecule has 0 bridgehead atoms. The molecule has 2 aromatic carbocycles. The SMILES string of the molecule is CC(C)C[C@H](NC(=O)Nc1ccccc1)C(=O)N1CCN(C(=O)[C@H](C)NS(=O)(=O)c2ccc(Cl)cc2Cl)CC1. The van der Waals surface area contributed by atoms with Gasteiger partial charge < -0.3 is 20.4 Å². The highest BCUT2D eigenvalue weighted by Crippen LogP contribution is 2.25. The fourth-order valence-corrected chi connectivity index (χ4v) is 6.19. The number of rotatable bonds is 9. The lowest BCUT2D eigenvalue weighted by Gasteiger charge is -2.37. The molecule has 3 N–H and O–H groups in total. The highest BCUT2D eigenvalue weighted by molar-refractivity contribution is 7.89. The maximum atomic E-state index is 13.3. The third-order valence-corrected chi connectivity index (χ3v) is 8.39. The van der Waals surface area contributed by atoms with Crippen molar-refractivity contribution in [1.82, 2.24) is 19.8 Å². The van der Waals surface area contributed by atoms with Gasteiger partial charge in [0.25, 0.3) is 0 Å². The molecule has 1 heterocycles. The zero-order valence-electron chi connectivity index (χ0n) is 22.0. The van der Waals surface area contributed by atoms with E-state index in [1.54, 1.807) is 29.2 Å². The third-order valence-electron chi connectivity index (χ3n) is 6.13. The number of carbonyl (C=O) groups is 3. The summed E-state index contributed by atoms with van der Waals surface area (Å²) in [6, 6.07) is 10.7. The molecule has 0 spiro atoms. The van der Waals surface area contributed by atoms with Crippen molar-refractivity contribution < 1.29 is 22.8 Å². The molecule has 3 rings (SSSR count). The number of anilines is 1. The summed E-state index contributed by atoms with van der Waals surface area (Å²) in [5.74, 6) is -0.498. The van der Waals surface area contributed by atoms with E-state index in [1.165, 1.54) is 30.0 Å². The van der Waals surface area contributed by atoms with Crippen molar-refractivity contribution in [1.29, 1.82) is 0 Å². The van der Waals surface area contributed by atoms with Crippen LogP contribution in [0.15, 0.2) is 53.4 Å². The smallest absolute Gasteiger partial charge is 0.319 e. The van der Waals surface area contributed by atoms with Crippen molar-refractivity contribution >= 4 is 56.8 Å². The van der Waals surface area contributed by atoms with Crippen LogP contribution in [-0.4, -0.2) is 74.3 Å². The molecule has 2 aromatic rings. The fraction of sp³-hybridized carbons (Fsp3) is 0.423. The van der Waals surface area contributed by atoms with Crippen molar-refractivity contribution in [3.8, 4) is 0 Å². The molecular formula is C26H33Cl2N5O5S. The average Bonchev–Trinajstić information content (AvgIpc) is 2.87. The van der Waals surface area contributed by atoms with Crippen LogP contribution in [-0.2, 0) is 19.6 Å². The predicted octanol–water partition coefficient (Wildman–Crippen LogP) is 3.57. The normalized spacial score (nSPS) is 15.5. The van der Waals surface area contributed by atoms with E-state index in [2.05, 4.69) is 15.4 Å². The van der Waals surface area contributed by atoms with Gasteiger partial charge in [0, 0.05) is 36.9 Å². The predicted molar refractivity (Wildman–Crippen MR) is 151 cm³/mol. The second-order valence-corrected chi connectivity index (χ2v) is 12.2. The summed E-state index contributed by atoms with van der Waals surface area (Å²) in [5, 5.41) is 5.75. The van der Waals surface area contributed by atoms with E-state index in [1.807, 2.05) is 19.9 Å². The van der Waals surface area contributed by atoms with Crippen LogP contribution < -0.4 is 15.4 Å². The Bertz CT molecular complexity index is 1280. The highest BCUT2D eigenvalue weighted by Gasteiger charge is 2.33. The number of hydrogen-bond acceptors (Lipinski definition) is 5. The molecule has 1 fully saturated rings. The number of benzene rings is 2. The van der Waals surface area contributed by atoms with E-state index >= 15 is 0 Å². The Balaban J connectivity index is 1.57. The number of nitrogens with one attached hydrogen (secondary N) is 3. The van der Waals surface area contributed by atoms with Crippen LogP contribution in [0.4, 0.5) is 10.5 Å². The van der Waals surface area contributed by atoms with E-state index in [9.17, 15) is 22.8 Å². The van der Waals surface area contributed by atoms with Crippen LogP contribution in [0, 0.1) is 5.92 Å². The average molecular weight is 599 g/mol. The van der Waals surface area contributed by atoms with Gasteiger partial charge in [0.15, 0.2) is 0 Å². The molecular weight excluding hydrogens is 565 g/mol. The Labute approximate surface area is 239 Å². The number of piperazine rings is 1. The topological polar surface area (TPSA) is 128 Å². The summed E-state index contributed by atoms with van der Waals surface area (Å²) in [4.78, 5) is 41.8. The van der Waals surface area contributed by atoms with Crippen LogP contribution in [0.1, 0.15) is 27.2 Å². The Kier molecular flexibility index (Phi) is 10.6. The lowest BCUT2D eigenvalue weighted by atomic mass is 10.0. The summed E-state index contributed by atoms with van der Waals surface area (Å²) >= 11 is 11.9. The minimum atomic E-state index is -4.07. The van der Waals surface area contributed by atoms with Gasteiger partial charge >= 0.3 is 6.03 Å². The Morgan fingerprint density at radius 2 is 1.49 bits per heavy atom. The first-order valence-corrected chi connectivity index (χ1v) is 14.8. The van der Waals surface area contributed by atoms with Crippen LogP contribution in [0.25, 0.3) is 0 Å². The first-order valence-electron chi connectivity index (χ1n) is 12.5. The van der Waals surface area contributed by atoms with Gasteiger partial charge in [0.05, 0.1) is 11.1 Å². The molecule has 0 saturated carbocycles. The molecule has 39 heavy (non-hydrogen) atoms. The van der Waals surface area contributed by atoms with Gasteiger partial charge in [-0.3, -0.25) is 9.59 Å². The third kappa shape index (κ3) is 8.56. The number of amides is 4. The minimum absolute atomic E-state index is 0.0520. The summed E-state index contributed by atoms with van der Waals surface area (Å²) in [6.45, 7) is 6.34. The zero-order valence-corrected chi connectivity index (χ0v) is 24.3. The summed E-state index contributed by atoms with van der Waals surface area (Å²) < 4.78 is 27.9. The van der Waals surface area contributed by atoms with E-state index in [0.717, 1.165) is 0 Å². The lowest BCUT2D eigenvalue weighted by molar-refractivity contribution is -0.141. The van der Waals surface area contributed by atoms with Gasteiger partial charge in [-0.15, -0.1) is 0 Å². The van der Waals surface area contributed by atoms with Crippen molar-refractivity contribution in [3.63, 3.8) is 0 Å². The lowest BCUT2D eigenvalue weighted by Crippen LogP contribution is -2.58. The van der Waals surface area contributed by atoms with Crippen molar-refractivity contribution in [2.24, 2.45) is 5.92 Å². The number of sulfonamides is 1. The highest BCUT2D eigenvalue weighted by atomic mass is 35.5. The van der Waals surface area contributed by atoms with Crippen LogP contribution >= 0.6 is 23.2 Å². The summed E-state index contributed by atoms with van der Waals surface area (Å²) in [7, 11) is -4.07.